The summed E-state index contributed by atoms with van der Waals surface area (Å²) in [7, 11) is -3.74. The molecule has 0 aliphatic carbocycles. The Kier molecular flexibility index (Phi) is 5.11. The second kappa shape index (κ2) is 7.69. The lowest BCUT2D eigenvalue weighted by atomic mass is 10.1. The summed E-state index contributed by atoms with van der Waals surface area (Å²) >= 11 is 0. The number of carbonyl (C=O) groups excluding carboxylic acids is 1. The van der Waals surface area contributed by atoms with Crippen LogP contribution < -0.4 is 5.32 Å². The fourth-order valence-electron chi connectivity index (χ4n) is 3.56. The van der Waals surface area contributed by atoms with E-state index in [9.17, 15) is 13.2 Å². The van der Waals surface area contributed by atoms with Crippen LogP contribution in [0.25, 0.3) is 10.8 Å². The van der Waals surface area contributed by atoms with Gasteiger partial charge in [0.15, 0.2) is 0 Å². The highest BCUT2D eigenvalue weighted by molar-refractivity contribution is 7.89. The molecule has 1 fully saturated rings. The Hall–Kier alpha value is -2.77. The maximum absolute atomic E-state index is 13.2. The molecule has 1 amide bonds. The van der Waals surface area contributed by atoms with Gasteiger partial charge in [0.2, 0.25) is 15.9 Å². The lowest BCUT2D eigenvalue weighted by Gasteiger charge is -2.23. The Balaban J connectivity index is 1.54. The van der Waals surface area contributed by atoms with E-state index in [1.165, 1.54) is 4.31 Å². The van der Waals surface area contributed by atoms with Gasteiger partial charge in [-0.25, -0.2) is 8.42 Å². The van der Waals surface area contributed by atoms with Crippen LogP contribution in [-0.2, 0) is 21.4 Å². The molecule has 1 atom stereocenters. The van der Waals surface area contributed by atoms with Gasteiger partial charge in [-0.1, -0.05) is 30.3 Å². The molecule has 4 rings (SSSR count). The van der Waals surface area contributed by atoms with Crippen molar-refractivity contribution < 1.29 is 13.2 Å². The molecule has 1 aliphatic heterocycles. The van der Waals surface area contributed by atoms with E-state index in [-0.39, 0.29) is 10.8 Å². The number of nitrogens with zero attached hydrogens (tertiary/aromatic N) is 2. The number of rotatable bonds is 5. The fourth-order valence-corrected chi connectivity index (χ4v) is 5.25. The SMILES string of the molecule is O=C(NCc1ccncc1)[C@@H]1CCCN1S(=O)(=O)c1ccc2ccccc2c1. The number of sulfonamides is 1. The zero-order chi connectivity index (χ0) is 19.6. The number of carbonyl (C=O) groups is 1. The summed E-state index contributed by atoms with van der Waals surface area (Å²) in [5.41, 5.74) is 0.922. The van der Waals surface area contributed by atoms with Crippen molar-refractivity contribution in [2.45, 2.75) is 30.3 Å². The average Bonchev–Trinajstić information content (AvgIpc) is 3.23. The van der Waals surface area contributed by atoms with Crippen molar-refractivity contribution in [1.82, 2.24) is 14.6 Å². The minimum Gasteiger partial charge on any atom is -0.351 e. The third-order valence-electron chi connectivity index (χ3n) is 5.05. The summed E-state index contributed by atoms with van der Waals surface area (Å²) in [5.74, 6) is -0.265. The van der Waals surface area contributed by atoms with Crippen LogP contribution in [0.3, 0.4) is 0 Å². The number of nitrogens with one attached hydrogen (secondary N) is 1. The highest BCUT2D eigenvalue weighted by Crippen LogP contribution is 2.28. The van der Waals surface area contributed by atoms with Crippen molar-refractivity contribution in [3.05, 3.63) is 72.6 Å². The van der Waals surface area contributed by atoms with Crippen LogP contribution in [0.5, 0.6) is 0 Å². The number of aromatic nitrogens is 1. The van der Waals surface area contributed by atoms with E-state index in [1.807, 2.05) is 36.4 Å². The molecule has 0 radical (unpaired) electrons. The summed E-state index contributed by atoms with van der Waals surface area (Å²) in [5, 5.41) is 4.69. The van der Waals surface area contributed by atoms with E-state index in [0.29, 0.717) is 25.9 Å². The van der Waals surface area contributed by atoms with Gasteiger partial charge in [-0.2, -0.15) is 4.31 Å². The van der Waals surface area contributed by atoms with Crippen LogP contribution in [0, 0.1) is 0 Å². The Labute approximate surface area is 164 Å². The molecule has 144 valence electrons. The van der Waals surface area contributed by atoms with Crippen LogP contribution >= 0.6 is 0 Å². The van der Waals surface area contributed by atoms with Crippen molar-refractivity contribution in [2.24, 2.45) is 0 Å². The largest absolute Gasteiger partial charge is 0.351 e. The van der Waals surface area contributed by atoms with Gasteiger partial charge in [-0.3, -0.25) is 9.78 Å². The second-order valence-electron chi connectivity index (χ2n) is 6.86. The molecule has 6 nitrogen and oxygen atoms in total. The third kappa shape index (κ3) is 3.63. The molecular weight excluding hydrogens is 374 g/mol. The molecule has 1 aromatic heterocycles. The van der Waals surface area contributed by atoms with Crippen LogP contribution in [0.4, 0.5) is 0 Å². The van der Waals surface area contributed by atoms with Crippen LogP contribution in [0.1, 0.15) is 18.4 Å². The number of hydrogen-bond acceptors (Lipinski definition) is 4. The molecule has 1 aliphatic rings. The van der Waals surface area contributed by atoms with Crippen LogP contribution in [-0.4, -0.2) is 36.2 Å². The number of benzene rings is 2. The Morgan fingerprint density at radius 2 is 1.82 bits per heavy atom. The van der Waals surface area contributed by atoms with E-state index in [0.717, 1.165) is 16.3 Å². The predicted molar refractivity (Wildman–Crippen MR) is 107 cm³/mol. The second-order valence-corrected chi connectivity index (χ2v) is 8.75. The van der Waals surface area contributed by atoms with Crippen molar-refractivity contribution in [3.63, 3.8) is 0 Å². The fraction of sp³-hybridized carbons (Fsp3) is 0.238. The maximum Gasteiger partial charge on any atom is 0.243 e. The molecule has 0 saturated carbocycles. The first-order valence-corrected chi connectivity index (χ1v) is 10.7. The molecular formula is C21H21N3O3S. The third-order valence-corrected chi connectivity index (χ3v) is 6.95. The molecule has 0 unspecified atom stereocenters. The van der Waals surface area contributed by atoms with Gasteiger partial charge in [-0.05, 0) is 53.4 Å². The van der Waals surface area contributed by atoms with Crippen LogP contribution in [0.15, 0.2) is 71.9 Å². The lowest BCUT2D eigenvalue weighted by Crippen LogP contribution is -2.45. The molecule has 1 N–H and O–H groups in total. The van der Waals surface area contributed by atoms with E-state index in [4.69, 9.17) is 0 Å². The number of fused-ring (bicyclic) bond motifs is 1. The number of pyridine rings is 1. The predicted octanol–water partition coefficient (Wildman–Crippen LogP) is 2.70. The zero-order valence-corrected chi connectivity index (χ0v) is 16.1. The standard InChI is InChI=1S/C21H21N3O3S/c25-21(23-15-16-9-11-22-12-10-16)20-6-3-13-24(20)28(26,27)19-8-7-17-4-1-2-5-18(17)14-19/h1-2,4-5,7-12,14,20H,3,6,13,15H2,(H,23,25)/t20-/m0/s1. The minimum atomic E-state index is -3.74. The zero-order valence-electron chi connectivity index (χ0n) is 15.3. The molecule has 2 aromatic carbocycles. The van der Waals surface area contributed by atoms with Crippen molar-refractivity contribution in [3.8, 4) is 0 Å². The highest BCUT2D eigenvalue weighted by Gasteiger charge is 2.39. The summed E-state index contributed by atoms with van der Waals surface area (Å²) in [6.45, 7) is 0.699. The van der Waals surface area contributed by atoms with Gasteiger partial charge in [0.1, 0.15) is 6.04 Å². The molecule has 0 spiro atoms. The van der Waals surface area contributed by atoms with Gasteiger partial charge < -0.3 is 5.32 Å². The molecule has 3 aromatic rings. The first kappa shape index (κ1) is 18.6. The molecule has 2 heterocycles. The maximum atomic E-state index is 13.2. The topological polar surface area (TPSA) is 79.4 Å². The Morgan fingerprint density at radius 1 is 1.07 bits per heavy atom. The van der Waals surface area contributed by atoms with Crippen molar-refractivity contribution >= 4 is 26.7 Å². The van der Waals surface area contributed by atoms with E-state index in [1.54, 1.807) is 30.6 Å². The summed E-state index contributed by atoms with van der Waals surface area (Å²) in [6.07, 6.45) is 4.51. The van der Waals surface area contributed by atoms with Crippen molar-refractivity contribution in [1.29, 1.82) is 0 Å². The lowest BCUT2D eigenvalue weighted by molar-refractivity contribution is -0.124. The van der Waals surface area contributed by atoms with E-state index < -0.39 is 16.1 Å². The quantitative estimate of drug-likeness (QED) is 0.720. The molecule has 7 heteroatoms. The summed E-state index contributed by atoms with van der Waals surface area (Å²) in [6, 6.07) is 15.7. The molecule has 1 saturated heterocycles. The molecule has 0 bridgehead atoms. The smallest absolute Gasteiger partial charge is 0.243 e. The van der Waals surface area contributed by atoms with Gasteiger partial charge >= 0.3 is 0 Å². The van der Waals surface area contributed by atoms with E-state index >= 15 is 0 Å². The monoisotopic (exact) mass is 395 g/mol. The number of hydrogen-bond donors (Lipinski definition) is 1. The minimum absolute atomic E-state index is 0.222. The first-order valence-electron chi connectivity index (χ1n) is 9.23. The summed E-state index contributed by atoms with van der Waals surface area (Å²) in [4.78, 5) is 16.9. The van der Waals surface area contributed by atoms with Gasteiger partial charge in [-0.15, -0.1) is 0 Å². The van der Waals surface area contributed by atoms with Gasteiger partial charge in [0, 0.05) is 25.5 Å². The first-order chi connectivity index (χ1) is 13.6. The Morgan fingerprint density at radius 3 is 2.61 bits per heavy atom. The molecule has 28 heavy (non-hydrogen) atoms. The highest BCUT2D eigenvalue weighted by atomic mass is 32.2. The number of amides is 1. The summed E-state index contributed by atoms with van der Waals surface area (Å²) < 4.78 is 27.7. The van der Waals surface area contributed by atoms with Crippen molar-refractivity contribution in [2.75, 3.05) is 6.54 Å². The average molecular weight is 395 g/mol. The van der Waals surface area contributed by atoms with Gasteiger partial charge in [0.25, 0.3) is 0 Å². The normalized spacial score (nSPS) is 17.6. The Bertz CT molecular complexity index is 1100. The van der Waals surface area contributed by atoms with Gasteiger partial charge in [0.05, 0.1) is 4.90 Å². The van der Waals surface area contributed by atoms with Crippen LogP contribution in [0.2, 0.25) is 0 Å². The van der Waals surface area contributed by atoms with E-state index in [2.05, 4.69) is 10.3 Å².